The predicted octanol–water partition coefficient (Wildman–Crippen LogP) is 2.47. The molecule has 1 N–H and O–H groups in total. The number of hydrogen-bond acceptors (Lipinski definition) is 2. The lowest BCUT2D eigenvalue weighted by Crippen LogP contribution is -2.52. The number of hydrogen-bond donors (Lipinski definition) is 1. The molecule has 1 fully saturated rings. The lowest BCUT2D eigenvalue weighted by atomic mass is 10.1. The lowest BCUT2D eigenvalue weighted by molar-refractivity contribution is 0.0655. The van der Waals surface area contributed by atoms with E-state index in [9.17, 15) is 13.6 Å². The quantitative estimate of drug-likeness (QED) is 0.808. The lowest BCUT2D eigenvalue weighted by Gasteiger charge is -2.34. The summed E-state index contributed by atoms with van der Waals surface area (Å²) in [6.07, 6.45) is 0. The molecule has 0 unspecified atom stereocenters. The second kappa shape index (κ2) is 6.50. The van der Waals surface area contributed by atoms with Crippen LogP contribution in [0.25, 0.3) is 0 Å². The number of piperazine rings is 1. The van der Waals surface area contributed by atoms with Crippen LogP contribution in [0.15, 0.2) is 12.1 Å². The van der Waals surface area contributed by atoms with E-state index >= 15 is 0 Å². The average Bonchev–Trinajstić information content (AvgIpc) is 2.33. The van der Waals surface area contributed by atoms with Crippen molar-refractivity contribution in [2.24, 2.45) is 0 Å². The Morgan fingerprint density at radius 2 is 2.05 bits per heavy atom. The van der Waals surface area contributed by atoms with Gasteiger partial charge in [-0.25, -0.2) is 8.78 Å². The highest BCUT2D eigenvalue weighted by Crippen LogP contribution is 2.22. The minimum atomic E-state index is -1.06. The molecule has 1 aromatic rings. The molecule has 0 bridgehead atoms. The number of carbonyl (C=O) groups is 1. The fourth-order valence-corrected chi connectivity index (χ4v) is 2.22. The topological polar surface area (TPSA) is 32.3 Å². The molecule has 106 valence electrons. The molecule has 1 atom stereocenters. The van der Waals surface area contributed by atoms with Crippen molar-refractivity contribution in [3.63, 3.8) is 0 Å². The molecule has 1 amide bonds. The van der Waals surface area contributed by atoms with Crippen molar-refractivity contribution in [2.45, 2.75) is 13.0 Å². The van der Waals surface area contributed by atoms with Crippen molar-refractivity contribution < 1.29 is 13.6 Å². The highest BCUT2D eigenvalue weighted by molar-refractivity contribution is 6.33. The zero-order chi connectivity index (χ0) is 13.3. The fourth-order valence-electron chi connectivity index (χ4n) is 1.98. The molecular formula is C12H14Cl2F2N2O. The second-order valence-electron chi connectivity index (χ2n) is 4.30. The van der Waals surface area contributed by atoms with Crippen LogP contribution < -0.4 is 5.32 Å². The third-order valence-electron chi connectivity index (χ3n) is 3.00. The van der Waals surface area contributed by atoms with E-state index in [0.29, 0.717) is 19.6 Å². The van der Waals surface area contributed by atoms with Gasteiger partial charge < -0.3 is 10.2 Å². The van der Waals surface area contributed by atoms with Gasteiger partial charge in [0, 0.05) is 25.7 Å². The number of amides is 1. The highest BCUT2D eigenvalue weighted by atomic mass is 35.5. The maximum absolute atomic E-state index is 13.2. The van der Waals surface area contributed by atoms with Gasteiger partial charge in [-0.1, -0.05) is 11.6 Å². The summed E-state index contributed by atoms with van der Waals surface area (Å²) >= 11 is 5.79. The Kier molecular flexibility index (Phi) is 5.52. The van der Waals surface area contributed by atoms with Crippen LogP contribution >= 0.6 is 24.0 Å². The van der Waals surface area contributed by atoms with Gasteiger partial charge in [0.1, 0.15) is 0 Å². The van der Waals surface area contributed by atoms with Crippen molar-refractivity contribution in [3.05, 3.63) is 34.4 Å². The summed E-state index contributed by atoms with van der Waals surface area (Å²) in [6.45, 7) is 3.76. The third-order valence-corrected chi connectivity index (χ3v) is 3.32. The van der Waals surface area contributed by atoms with Gasteiger partial charge in [-0.05, 0) is 19.1 Å². The largest absolute Gasteiger partial charge is 0.333 e. The molecule has 7 heteroatoms. The van der Waals surface area contributed by atoms with Crippen LogP contribution in [0, 0.1) is 11.6 Å². The number of nitrogens with zero attached hydrogens (tertiary/aromatic N) is 1. The summed E-state index contributed by atoms with van der Waals surface area (Å²) in [4.78, 5) is 13.8. The first-order chi connectivity index (χ1) is 8.50. The first-order valence-electron chi connectivity index (χ1n) is 5.67. The Bertz CT molecular complexity index is 485. The maximum Gasteiger partial charge on any atom is 0.255 e. The van der Waals surface area contributed by atoms with Crippen LogP contribution in [0.3, 0.4) is 0 Å². The van der Waals surface area contributed by atoms with Crippen molar-refractivity contribution in [2.75, 3.05) is 19.6 Å². The molecule has 0 saturated carbocycles. The fraction of sp³-hybridized carbons (Fsp3) is 0.417. The van der Waals surface area contributed by atoms with Gasteiger partial charge >= 0.3 is 0 Å². The van der Waals surface area contributed by atoms with Crippen molar-refractivity contribution in [3.8, 4) is 0 Å². The molecule has 1 aromatic carbocycles. The molecule has 1 aliphatic heterocycles. The summed E-state index contributed by atoms with van der Waals surface area (Å²) in [5, 5.41) is 3.08. The van der Waals surface area contributed by atoms with Gasteiger partial charge in [0.05, 0.1) is 10.6 Å². The van der Waals surface area contributed by atoms with E-state index in [2.05, 4.69) is 5.32 Å². The Morgan fingerprint density at radius 1 is 1.42 bits per heavy atom. The van der Waals surface area contributed by atoms with Crippen LogP contribution in [0.5, 0.6) is 0 Å². The summed E-state index contributed by atoms with van der Waals surface area (Å²) in [7, 11) is 0. The molecule has 0 spiro atoms. The van der Waals surface area contributed by atoms with E-state index in [1.807, 2.05) is 6.92 Å². The van der Waals surface area contributed by atoms with Crippen LogP contribution in [-0.2, 0) is 0 Å². The number of benzene rings is 1. The molecule has 0 radical (unpaired) electrons. The second-order valence-corrected chi connectivity index (χ2v) is 4.71. The number of nitrogens with one attached hydrogen (secondary N) is 1. The van der Waals surface area contributed by atoms with Gasteiger partial charge in [-0.3, -0.25) is 4.79 Å². The summed E-state index contributed by atoms with van der Waals surface area (Å²) < 4.78 is 26.1. The zero-order valence-electron chi connectivity index (χ0n) is 10.3. The van der Waals surface area contributed by atoms with Crippen molar-refractivity contribution in [1.82, 2.24) is 10.2 Å². The molecule has 19 heavy (non-hydrogen) atoms. The Hall–Kier alpha value is -0.910. The SMILES string of the molecule is C[C@H]1CNCCN1C(=O)c1cc(F)c(F)cc1Cl.Cl. The standard InChI is InChI=1S/C12H13ClF2N2O.ClH/c1-7-6-16-2-3-17(7)12(18)8-4-10(14)11(15)5-9(8)13;/h4-5,7,16H,2-3,6H2,1H3;1H/t7-;/m0./s1. The van der Waals surface area contributed by atoms with E-state index < -0.39 is 11.6 Å². The molecule has 1 aliphatic rings. The smallest absolute Gasteiger partial charge is 0.255 e. The summed E-state index contributed by atoms with van der Waals surface area (Å²) in [5.41, 5.74) is 0.00400. The van der Waals surface area contributed by atoms with Gasteiger partial charge in [0.15, 0.2) is 11.6 Å². The van der Waals surface area contributed by atoms with E-state index in [0.717, 1.165) is 12.1 Å². The van der Waals surface area contributed by atoms with Crippen LogP contribution in [0.1, 0.15) is 17.3 Å². The molecule has 3 nitrogen and oxygen atoms in total. The van der Waals surface area contributed by atoms with E-state index in [1.165, 1.54) is 0 Å². The van der Waals surface area contributed by atoms with E-state index in [4.69, 9.17) is 11.6 Å². The number of carbonyl (C=O) groups excluding carboxylic acids is 1. The van der Waals surface area contributed by atoms with Gasteiger partial charge in [-0.2, -0.15) is 0 Å². The molecular weight excluding hydrogens is 297 g/mol. The molecule has 0 aromatic heterocycles. The van der Waals surface area contributed by atoms with Gasteiger partial charge in [0.2, 0.25) is 0 Å². The first-order valence-corrected chi connectivity index (χ1v) is 6.04. The summed E-state index contributed by atoms with van der Waals surface area (Å²) in [5.74, 6) is -2.48. The van der Waals surface area contributed by atoms with Gasteiger partial charge in [0.25, 0.3) is 5.91 Å². The first kappa shape index (κ1) is 16.1. The van der Waals surface area contributed by atoms with E-state index in [1.54, 1.807) is 4.90 Å². The maximum atomic E-state index is 13.2. The minimum absolute atomic E-state index is 0. The Morgan fingerprint density at radius 3 is 2.68 bits per heavy atom. The average molecular weight is 311 g/mol. The van der Waals surface area contributed by atoms with Gasteiger partial charge in [-0.15, -0.1) is 12.4 Å². The van der Waals surface area contributed by atoms with Crippen LogP contribution in [0.2, 0.25) is 5.02 Å². The number of rotatable bonds is 1. The molecule has 1 heterocycles. The normalized spacial score (nSPS) is 18.9. The molecule has 0 aliphatic carbocycles. The van der Waals surface area contributed by atoms with Crippen molar-refractivity contribution >= 4 is 29.9 Å². The summed E-state index contributed by atoms with van der Waals surface area (Å²) in [6, 6.07) is 1.68. The van der Waals surface area contributed by atoms with E-state index in [-0.39, 0.29) is 34.9 Å². The third kappa shape index (κ3) is 3.35. The van der Waals surface area contributed by atoms with Crippen LogP contribution in [0.4, 0.5) is 8.78 Å². The predicted molar refractivity (Wildman–Crippen MR) is 72.0 cm³/mol. The Balaban J connectivity index is 0.00000180. The minimum Gasteiger partial charge on any atom is -0.333 e. The zero-order valence-corrected chi connectivity index (χ0v) is 11.8. The monoisotopic (exact) mass is 310 g/mol. The highest BCUT2D eigenvalue weighted by Gasteiger charge is 2.26. The number of halogens is 4. The van der Waals surface area contributed by atoms with Crippen LogP contribution in [-0.4, -0.2) is 36.5 Å². The molecule has 1 saturated heterocycles. The van der Waals surface area contributed by atoms with Crippen molar-refractivity contribution in [1.29, 1.82) is 0 Å². The molecule has 2 rings (SSSR count). The Labute approximate surface area is 121 Å².